The van der Waals surface area contributed by atoms with Crippen molar-refractivity contribution in [3.8, 4) is 5.75 Å². The first-order valence-corrected chi connectivity index (χ1v) is 7.01. The fourth-order valence-electron chi connectivity index (χ4n) is 2.14. The predicted octanol–water partition coefficient (Wildman–Crippen LogP) is 2.39. The number of nitrogen functional groups attached to an aromatic ring is 1. The van der Waals surface area contributed by atoms with Crippen molar-refractivity contribution in [3.63, 3.8) is 0 Å². The summed E-state index contributed by atoms with van der Waals surface area (Å²) in [7, 11) is 0. The van der Waals surface area contributed by atoms with Crippen LogP contribution in [0.5, 0.6) is 5.75 Å². The summed E-state index contributed by atoms with van der Waals surface area (Å²) in [6, 6.07) is 5.03. The number of carbonyl (C=O) groups excluding carboxylic acids is 1. The number of rotatable bonds is 5. The molecule has 1 atom stereocenters. The third kappa shape index (κ3) is 3.87. The minimum Gasteiger partial charge on any atom is -0.491 e. The van der Waals surface area contributed by atoms with Crippen LogP contribution in [0.25, 0.3) is 0 Å². The largest absolute Gasteiger partial charge is 0.491 e. The maximum absolute atomic E-state index is 11.7. The molecule has 2 rings (SSSR count). The highest BCUT2D eigenvalue weighted by Gasteiger charge is 2.16. The highest BCUT2D eigenvalue weighted by Crippen LogP contribution is 2.22. The lowest BCUT2D eigenvalue weighted by atomic mass is 10.1. The van der Waals surface area contributed by atoms with Gasteiger partial charge in [0.05, 0.1) is 18.3 Å². The zero-order chi connectivity index (χ0) is 14.4. The summed E-state index contributed by atoms with van der Waals surface area (Å²) in [6.45, 7) is 3.37. The molecule has 0 radical (unpaired) electrons. The number of hydrogen-bond donors (Lipinski definition) is 1. The third-order valence-corrected chi connectivity index (χ3v) is 3.23. The van der Waals surface area contributed by atoms with Crippen molar-refractivity contribution in [1.82, 2.24) is 0 Å². The second kappa shape index (κ2) is 7.14. The van der Waals surface area contributed by atoms with E-state index in [-0.39, 0.29) is 6.10 Å². The Balaban J connectivity index is 1.97. The molecule has 1 unspecified atom stereocenters. The van der Waals surface area contributed by atoms with Gasteiger partial charge in [-0.05, 0) is 44.4 Å². The summed E-state index contributed by atoms with van der Waals surface area (Å²) < 4.78 is 16.2. The molecule has 1 fully saturated rings. The molecule has 1 aromatic rings. The summed E-state index contributed by atoms with van der Waals surface area (Å²) in [4.78, 5) is 11.7. The summed E-state index contributed by atoms with van der Waals surface area (Å²) in [5.74, 6) is 0.181. The summed E-state index contributed by atoms with van der Waals surface area (Å²) in [5.41, 5.74) is 6.51. The molecule has 20 heavy (non-hydrogen) atoms. The first-order chi connectivity index (χ1) is 9.70. The molecule has 1 saturated heterocycles. The topological polar surface area (TPSA) is 70.8 Å². The zero-order valence-electron chi connectivity index (χ0n) is 11.8. The van der Waals surface area contributed by atoms with E-state index in [1.807, 2.05) is 0 Å². The van der Waals surface area contributed by atoms with Gasteiger partial charge in [-0.2, -0.15) is 0 Å². The molecule has 0 amide bonds. The minimum absolute atomic E-state index is 0.132. The summed E-state index contributed by atoms with van der Waals surface area (Å²) in [6.07, 6.45) is 3.43. The Morgan fingerprint density at radius 1 is 1.45 bits per heavy atom. The molecule has 0 aliphatic carbocycles. The molecule has 0 saturated carbocycles. The normalized spacial score (nSPS) is 18.6. The van der Waals surface area contributed by atoms with E-state index >= 15 is 0 Å². The Kier molecular flexibility index (Phi) is 5.24. The Bertz CT molecular complexity index is 455. The average molecular weight is 279 g/mol. The van der Waals surface area contributed by atoms with Crippen LogP contribution >= 0.6 is 0 Å². The number of carbonyl (C=O) groups is 1. The predicted molar refractivity (Wildman–Crippen MR) is 75.9 cm³/mol. The van der Waals surface area contributed by atoms with Crippen molar-refractivity contribution in [2.24, 2.45) is 0 Å². The van der Waals surface area contributed by atoms with Crippen molar-refractivity contribution >= 4 is 11.7 Å². The van der Waals surface area contributed by atoms with Crippen molar-refractivity contribution in [2.75, 3.05) is 25.6 Å². The van der Waals surface area contributed by atoms with Crippen LogP contribution in [0.3, 0.4) is 0 Å². The van der Waals surface area contributed by atoms with E-state index < -0.39 is 5.97 Å². The lowest BCUT2D eigenvalue weighted by Gasteiger charge is -2.22. The van der Waals surface area contributed by atoms with Crippen LogP contribution in [0.1, 0.15) is 36.5 Å². The SMILES string of the molecule is CCOC(=O)c1cc(OCC2CCCCO2)ccc1N. The molecule has 2 N–H and O–H groups in total. The molecular weight excluding hydrogens is 258 g/mol. The Morgan fingerprint density at radius 2 is 2.30 bits per heavy atom. The van der Waals surface area contributed by atoms with Gasteiger partial charge in [-0.3, -0.25) is 0 Å². The molecule has 1 aliphatic heterocycles. The monoisotopic (exact) mass is 279 g/mol. The van der Waals surface area contributed by atoms with Crippen molar-refractivity contribution in [2.45, 2.75) is 32.3 Å². The van der Waals surface area contributed by atoms with Crippen molar-refractivity contribution < 1.29 is 19.0 Å². The standard InChI is InChI=1S/C15H21NO4/c1-2-18-15(17)13-9-11(6-7-14(13)16)20-10-12-5-3-4-8-19-12/h6-7,9,12H,2-5,8,10,16H2,1H3. The second-order valence-corrected chi connectivity index (χ2v) is 4.77. The van der Waals surface area contributed by atoms with E-state index in [1.165, 1.54) is 6.42 Å². The Hall–Kier alpha value is -1.75. The molecule has 110 valence electrons. The molecular formula is C15H21NO4. The van der Waals surface area contributed by atoms with Crippen LogP contribution in [0.4, 0.5) is 5.69 Å². The van der Waals surface area contributed by atoms with Gasteiger partial charge in [0.1, 0.15) is 12.4 Å². The van der Waals surface area contributed by atoms with E-state index in [2.05, 4.69) is 0 Å². The van der Waals surface area contributed by atoms with Crippen LogP contribution in [-0.4, -0.2) is 31.9 Å². The molecule has 5 heteroatoms. The zero-order valence-corrected chi connectivity index (χ0v) is 11.8. The number of benzene rings is 1. The summed E-state index contributed by atoms with van der Waals surface area (Å²) in [5, 5.41) is 0. The van der Waals surface area contributed by atoms with Crippen molar-refractivity contribution in [1.29, 1.82) is 0 Å². The van der Waals surface area contributed by atoms with E-state index in [0.29, 0.717) is 30.2 Å². The van der Waals surface area contributed by atoms with E-state index in [1.54, 1.807) is 25.1 Å². The van der Waals surface area contributed by atoms with Crippen LogP contribution in [0, 0.1) is 0 Å². The van der Waals surface area contributed by atoms with Gasteiger partial charge in [0.2, 0.25) is 0 Å². The van der Waals surface area contributed by atoms with Crippen LogP contribution in [0.2, 0.25) is 0 Å². The van der Waals surface area contributed by atoms with Gasteiger partial charge in [0.25, 0.3) is 0 Å². The quantitative estimate of drug-likeness (QED) is 0.662. The van der Waals surface area contributed by atoms with Crippen molar-refractivity contribution in [3.05, 3.63) is 23.8 Å². The highest BCUT2D eigenvalue weighted by atomic mass is 16.5. The van der Waals surface area contributed by atoms with E-state index in [0.717, 1.165) is 19.4 Å². The van der Waals surface area contributed by atoms with Gasteiger partial charge in [0, 0.05) is 12.3 Å². The minimum atomic E-state index is -0.427. The smallest absolute Gasteiger partial charge is 0.340 e. The maximum atomic E-state index is 11.7. The molecule has 0 bridgehead atoms. The van der Waals surface area contributed by atoms with E-state index in [4.69, 9.17) is 19.9 Å². The van der Waals surface area contributed by atoms with E-state index in [9.17, 15) is 4.79 Å². The van der Waals surface area contributed by atoms with Gasteiger partial charge in [-0.1, -0.05) is 0 Å². The Morgan fingerprint density at radius 3 is 3.00 bits per heavy atom. The lowest BCUT2D eigenvalue weighted by molar-refractivity contribution is -0.0110. The van der Waals surface area contributed by atoms with Gasteiger partial charge >= 0.3 is 5.97 Å². The molecule has 0 aromatic heterocycles. The highest BCUT2D eigenvalue weighted by molar-refractivity contribution is 5.95. The molecule has 5 nitrogen and oxygen atoms in total. The van der Waals surface area contributed by atoms with Gasteiger partial charge in [-0.25, -0.2) is 4.79 Å². The fourth-order valence-corrected chi connectivity index (χ4v) is 2.14. The maximum Gasteiger partial charge on any atom is 0.340 e. The molecule has 1 aliphatic rings. The first kappa shape index (κ1) is 14.7. The number of ether oxygens (including phenoxy) is 3. The molecule has 1 aromatic carbocycles. The van der Waals surface area contributed by atoms with Crippen LogP contribution < -0.4 is 10.5 Å². The number of anilines is 1. The lowest BCUT2D eigenvalue weighted by Crippen LogP contribution is -2.25. The summed E-state index contributed by atoms with van der Waals surface area (Å²) >= 11 is 0. The fraction of sp³-hybridized carbons (Fsp3) is 0.533. The molecule has 1 heterocycles. The first-order valence-electron chi connectivity index (χ1n) is 7.01. The van der Waals surface area contributed by atoms with Gasteiger partial charge in [0.15, 0.2) is 0 Å². The number of esters is 1. The number of nitrogens with two attached hydrogens (primary N) is 1. The van der Waals surface area contributed by atoms with Gasteiger partial charge < -0.3 is 19.9 Å². The third-order valence-electron chi connectivity index (χ3n) is 3.23. The Labute approximate surface area is 119 Å². The van der Waals surface area contributed by atoms with Crippen LogP contribution in [0.15, 0.2) is 18.2 Å². The second-order valence-electron chi connectivity index (χ2n) is 4.77. The van der Waals surface area contributed by atoms with Gasteiger partial charge in [-0.15, -0.1) is 0 Å². The average Bonchev–Trinajstić information content (AvgIpc) is 2.47. The van der Waals surface area contributed by atoms with Crippen LogP contribution in [-0.2, 0) is 9.47 Å². The molecule has 0 spiro atoms. The number of hydrogen-bond acceptors (Lipinski definition) is 5.